The average Bonchev–Trinajstić information content (AvgIpc) is 3.03. The van der Waals surface area contributed by atoms with Crippen LogP contribution in [0.15, 0.2) is 53.1 Å². The van der Waals surface area contributed by atoms with E-state index in [0.717, 1.165) is 11.1 Å². The molecule has 7 heteroatoms. The molecule has 0 atom stereocenters. The minimum atomic E-state index is -0.437. The summed E-state index contributed by atoms with van der Waals surface area (Å²) in [6, 6.07) is 14.1. The lowest BCUT2D eigenvalue weighted by atomic mass is 10.1. The van der Waals surface area contributed by atoms with E-state index in [4.69, 9.17) is 4.52 Å². The summed E-state index contributed by atoms with van der Waals surface area (Å²) in [5, 5.41) is 17.7. The van der Waals surface area contributed by atoms with Crippen molar-refractivity contribution in [2.24, 2.45) is 0 Å². The van der Waals surface area contributed by atoms with E-state index >= 15 is 0 Å². The fraction of sp³-hybridized carbons (Fsp3) is 0.125. The summed E-state index contributed by atoms with van der Waals surface area (Å²) in [5.41, 5.74) is 2.68. The molecule has 0 amide bonds. The first-order valence-corrected chi connectivity index (χ1v) is 7.00. The van der Waals surface area contributed by atoms with Gasteiger partial charge in [-0.25, -0.2) is 0 Å². The van der Waals surface area contributed by atoms with Gasteiger partial charge in [0.15, 0.2) is 0 Å². The van der Waals surface area contributed by atoms with Crippen LogP contribution in [0.2, 0.25) is 0 Å². The second kappa shape index (κ2) is 6.27. The number of nitro groups is 1. The van der Waals surface area contributed by atoms with E-state index in [2.05, 4.69) is 15.5 Å². The molecule has 0 unspecified atom stereocenters. The zero-order valence-electron chi connectivity index (χ0n) is 12.4. The number of nitrogens with zero attached hydrogens (tertiary/aromatic N) is 3. The van der Waals surface area contributed by atoms with Gasteiger partial charge in [-0.2, -0.15) is 4.98 Å². The van der Waals surface area contributed by atoms with Crippen molar-refractivity contribution in [3.63, 3.8) is 0 Å². The van der Waals surface area contributed by atoms with Crippen molar-refractivity contribution in [1.29, 1.82) is 0 Å². The molecule has 0 saturated heterocycles. The van der Waals surface area contributed by atoms with Gasteiger partial charge in [0.1, 0.15) is 0 Å². The number of aromatic nitrogens is 2. The summed E-state index contributed by atoms with van der Waals surface area (Å²) in [5.74, 6) is 0.924. The summed E-state index contributed by atoms with van der Waals surface area (Å²) in [6.45, 7) is 2.30. The molecule has 3 rings (SSSR count). The molecule has 0 aliphatic rings. The molecular formula is C16H14N4O3. The lowest BCUT2D eigenvalue weighted by Crippen LogP contribution is -2.00. The Balaban J connectivity index is 1.69. The molecule has 116 valence electrons. The number of hydrogen-bond donors (Lipinski definition) is 1. The Hall–Kier alpha value is -3.22. The lowest BCUT2D eigenvalue weighted by Gasteiger charge is -2.02. The van der Waals surface area contributed by atoms with Crippen LogP contribution in [-0.2, 0) is 6.54 Å². The first-order valence-electron chi connectivity index (χ1n) is 7.00. The smallest absolute Gasteiger partial charge is 0.271 e. The molecule has 0 aliphatic heterocycles. The van der Waals surface area contributed by atoms with Crippen molar-refractivity contribution in [3.8, 4) is 11.4 Å². The predicted octanol–water partition coefficient (Wildman–Crippen LogP) is 3.57. The Bertz CT molecular complexity index is 827. The van der Waals surface area contributed by atoms with Crippen molar-refractivity contribution in [3.05, 3.63) is 70.1 Å². The van der Waals surface area contributed by atoms with E-state index in [1.54, 1.807) is 12.1 Å². The normalized spacial score (nSPS) is 10.5. The minimum absolute atomic E-state index is 0.0286. The third kappa shape index (κ3) is 3.52. The molecule has 0 saturated carbocycles. The zero-order chi connectivity index (χ0) is 16.2. The molecule has 23 heavy (non-hydrogen) atoms. The number of non-ortho nitro benzene ring substituents is 1. The largest absolute Gasteiger partial charge is 0.376 e. The highest BCUT2D eigenvalue weighted by Crippen LogP contribution is 2.19. The number of hydrogen-bond acceptors (Lipinski definition) is 6. The molecule has 0 fully saturated rings. The summed E-state index contributed by atoms with van der Waals surface area (Å²) in [4.78, 5) is 14.6. The van der Waals surface area contributed by atoms with Gasteiger partial charge in [-0.3, -0.25) is 10.1 Å². The van der Waals surface area contributed by atoms with Gasteiger partial charge in [0.05, 0.1) is 11.5 Å². The SMILES string of the molecule is Cc1ccc(-c2noc(CNc3cccc([N+](=O)[O-])c3)n2)cc1. The van der Waals surface area contributed by atoms with Crippen LogP contribution in [0.1, 0.15) is 11.5 Å². The quantitative estimate of drug-likeness (QED) is 0.572. The topological polar surface area (TPSA) is 94.1 Å². The average molecular weight is 310 g/mol. The fourth-order valence-electron chi connectivity index (χ4n) is 2.05. The Morgan fingerprint density at radius 3 is 2.74 bits per heavy atom. The Labute approximate surface area is 132 Å². The molecule has 0 bridgehead atoms. The summed E-state index contributed by atoms with van der Waals surface area (Å²) >= 11 is 0. The van der Waals surface area contributed by atoms with Crippen LogP contribution in [0.4, 0.5) is 11.4 Å². The zero-order valence-corrected chi connectivity index (χ0v) is 12.4. The number of aryl methyl sites for hydroxylation is 1. The van der Waals surface area contributed by atoms with Crippen LogP contribution >= 0.6 is 0 Å². The first-order chi connectivity index (χ1) is 11.1. The first kappa shape index (κ1) is 14.7. The summed E-state index contributed by atoms with van der Waals surface area (Å²) in [6.07, 6.45) is 0. The van der Waals surface area contributed by atoms with Gasteiger partial charge in [-0.1, -0.05) is 41.1 Å². The molecule has 1 N–H and O–H groups in total. The highest BCUT2D eigenvalue weighted by molar-refractivity contribution is 5.55. The predicted molar refractivity (Wildman–Crippen MR) is 84.9 cm³/mol. The number of anilines is 1. The molecule has 1 heterocycles. The molecule has 3 aromatic rings. The van der Waals surface area contributed by atoms with Crippen molar-refractivity contribution in [1.82, 2.24) is 10.1 Å². The monoisotopic (exact) mass is 310 g/mol. The molecule has 0 aliphatic carbocycles. The van der Waals surface area contributed by atoms with Gasteiger partial charge in [0, 0.05) is 23.4 Å². The second-order valence-corrected chi connectivity index (χ2v) is 5.04. The Kier molecular flexibility index (Phi) is 4.01. The maximum absolute atomic E-state index is 10.7. The Morgan fingerprint density at radius 1 is 1.22 bits per heavy atom. The standard InChI is InChI=1S/C16H14N4O3/c1-11-5-7-12(8-6-11)16-18-15(23-19-16)10-17-13-3-2-4-14(9-13)20(21)22/h2-9,17H,10H2,1H3. The van der Waals surface area contributed by atoms with Crippen LogP contribution in [0.5, 0.6) is 0 Å². The molecule has 0 radical (unpaired) electrons. The number of rotatable bonds is 5. The van der Waals surface area contributed by atoms with E-state index in [1.165, 1.54) is 12.1 Å². The highest BCUT2D eigenvalue weighted by atomic mass is 16.6. The maximum atomic E-state index is 10.7. The number of nitro benzene ring substituents is 1. The van der Waals surface area contributed by atoms with E-state index in [9.17, 15) is 10.1 Å². The van der Waals surface area contributed by atoms with E-state index in [-0.39, 0.29) is 5.69 Å². The van der Waals surface area contributed by atoms with E-state index in [0.29, 0.717) is 23.9 Å². The molecule has 7 nitrogen and oxygen atoms in total. The minimum Gasteiger partial charge on any atom is -0.376 e. The van der Waals surface area contributed by atoms with Gasteiger partial charge in [0.25, 0.3) is 5.69 Å². The van der Waals surface area contributed by atoms with Crippen LogP contribution in [0.25, 0.3) is 11.4 Å². The summed E-state index contributed by atoms with van der Waals surface area (Å²) < 4.78 is 5.19. The van der Waals surface area contributed by atoms with Crippen LogP contribution in [-0.4, -0.2) is 15.1 Å². The third-order valence-corrected chi connectivity index (χ3v) is 3.28. The molecular weight excluding hydrogens is 296 g/mol. The highest BCUT2D eigenvalue weighted by Gasteiger charge is 2.09. The molecule has 2 aromatic carbocycles. The van der Waals surface area contributed by atoms with E-state index < -0.39 is 4.92 Å². The lowest BCUT2D eigenvalue weighted by molar-refractivity contribution is -0.384. The second-order valence-electron chi connectivity index (χ2n) is 5.04. The maximum Gasteiger partial charge on any atom is 0.271 e. The summed E-state index contributed by atoms with van der Waals surface area (Å²) in [7, 11) is 0. The third-order valence-electron chi connectivity index (χ3n) is 3.28. The van der Waals surface area contributed by atoms with Crippen molar-refractivity contribution < 1.29 is 9.45 Å². The fourth-order valence-corrected chi connectivity index (χ4v) is 2.05. The van der Waals surface area contributed by atoms with Crippen LogP contribution in [0, 0.1) is 17.0 Å². The van der Waals surface area contributed by atoms with Crippen molar-refractivity contribution in [2.75, 3.05) is 5.32 Å². The van der Waals surface area contributed by atoms with Crippen molar-refractivity contribution in [2.45, 2.75) is 13.5 Å². The van der Waals surface area contributed by atoms with Crippen LogP contribution in [0.3, 0.4) is 0 Å². The van der Waals surface area contributed by atoms with Gasteiger partial charge >= 0.3 is 0 Å². The Morgan fingerprint density at radius 2 is 2.00 bits per heavy atom. The van der Waals surface area contributed by atoms with Crippen molar-refractivity contribution >= 4 is 11.4 Å². The van der Waals surface area contributed by atoms with Crippen LogP contribution < -0.4 is 5.32 Å². The molecule has 1 aromatic heterocycles. The van der Waals surface area contributed by atoms with Gasteiger partial charge < -0.3 is 9.84 Å². The number of benzene rings is 2. The van der Waals surface area contributed by atoms with Gasteiger partial charge in [0.2, 0.25) is 11.7 Å². The van der Waals surface area contributed by atoms with Gasteiger partial charge in [-0.05, 0) is 13.0 Å². The molecule has 0 spiro atoms. The number of nitrogens with one attached hydrogen (secondary N) is 1. The van der Waals surface area contributed by atoms with E-state index in [1.807, 2.05) is 31.2 Å². The van der Waals surface area contributed by atoms with Gasteiger partial charge in [-0.15, -0.1) is 0 Å².